The molecule has 0 bridgehead atoms. The van der Waals surface area contributed by atoms with Crippen molar-refractivity contribution in [2.75, 3.05) is 20.2 Å². The summed E-state index contributed by atoms with van der Waals surface area (Å²) < 4.78 is 5.34. The largest absolute Gasteiger partial charge is 0.465 e. The lowest BCUT2D eigenvalue weighted by molar-refractivity contribution is -0.153. The van der Waals surface area contributed by atoms with Gasteiger partial charge in [0.2, 0.25) is 0 Å². The van der Waals surface area contributed by atoms with Crippen LogP contribution in [-0.4, -0.2) is 48.7 Å². The van der Waals surface area contributed by atoms with Gasteiger partial charge in [-0.2, -0.15) is 0 Å². The number of carbonyl (C=O) groups excluding carboxylic acids is 1. The molecular formula is C17H32N2O2. The summed E-state index contributed by atoms with van der Waals surface area (Å²) in [7, 11) is 1.91. The third kappa shape index (κ3) is 3.98. The zero-order valence-corrected chi connectivity index (χ0v) is 14.2. The average Bonchev–Trinajstić information content (AvgIpc) is 3.29. The number of hydrogen-bond donors (Lipinski definition) is 1. The first-order valence-corrected chi connectivity index (χ1v) is 8.64. The van der Waals surface area contributed by atoms with Crippen molar-refractivity contribution in [1.82, 2.24) is 10.2 Å². The number of esters is 1. The molecule has 2 atom stereocenters. The Labute approximate surface area is 129 Å². The average molecular weight is 296 g/mol. The van der Waals surface area contributed by atoms with Gasteiger partial charge in [-0.1, -0.05) is 13.8 Å². The van der Waals surface area contributed by atoms with E-state index in [0.717, 1.165) is 31.8 Å². The van der Waals surface area contributed by atoms with Crippen molar-refractivity contribution in [3.8, 4) is 0 Å². The minimum atomic E-state index is -0.469. The third-order valence-electron chi connectivity index (χ3n) is 4.93. The van der Waals surface area contributed by atoms with Gasteiger partial charge >= 0.3 is 5.97 Å². The molecule has 0 aromatic heterocycles. The molecule has 4 nitrogen and oxygen atoms in total. The van der Waals surface area contributed by atoms with Crippen LogP contribution in [0.5, 0.6) is 0 Å². The predicted octanol–water partition coefficient (Wildman–Crippen LogP) is 2.57. The molecule has 0 radical (unpaired) electrons. The molecule has 122 valence electrons. The highest BCUT2D eigenvalue weighted by Gasteiger charge is 2.46. The summed E-state index contributed by atoms with van der Waals surface area (Å²) in [6.45, 7) is 8.07. The van der Waals surface area contributed by atoms with Crippen molar-refractivity contribution in [1.29, 1.82) is 0 Å². The lowest BCUT2D eigenvalue weighted by Crippen LogP contribution is -2.58. The van der Waals surface area contributed by atoms with Gasteiger partial charge in [0, 0.05) is 18.6 Å². The van der Waals surface area contributed by atoms with Gasteiger partial charge in [0.15, 0.2) is 0 Å². The van der Waals surface area contributed by atoms with E-state index in [0.29, 0.717) is 18.6 Å². The van der Waals surface area contributed by atoms with Gasteiger partial charge < -0.3 is 10.1 Å². The zero-order chi connectivity index (χ0) is 15.5. The topological polar surface area (TPSA) is 41.6 Å². The number of nitrogens with one attached hydrogen (secondary N) is 1. The van der Waals surface area contributed by atoms with Crippen LogP contribution in [0.1, 0.15) is 59.3 Å². The van der Waals surface area contributed by atoms with E-state index in [2.05, 4.69) is 24.1 Å². The van der Waals surface area contributed by atoms with E-state index in [1.807, 2.05) is 14.0 Å². The fourth-order valence-electron chi connectivity index (χ4n) is 3.74. The molecule has 2 rings (SSSR count). The Morgan fingerprint density at radius 2 is 2.05 bits per heavy atom. The number of rotatable bonds is 7. The van der Waals surface area contributed by atoms with E-state index in [1.165, 1.54) is 19.3 Å². The van der Waals surface area contributed by atoms with Gasteiger partial charge in [-0.3, -0.25) is 9.69 Å². The maximum absolute atomic E-state index is 12.4. The van der Waals surface area contributed by atoms with Crippen LogP contribution < -0.4 is 5.32 Å². The van der Waals surface area contributed by atoms with E-state index < -0.39 is 5.54 Å². The number of hydrogen-bond acceptors (Lipinski definition) is 4. The second-order valence-corrected chi connectivity index (χ2v) is 7.12. The van der Waals surface area contributed by atoms with Crippen molar-refractivity contribution in [3.05, 3.63) is 0 Å². The Morgan fingerprint density at radius 1 is 1.33 bits per heavy atom. The summed E-state index contributed by atoms with van der Waals surface area (Å²) in [4.78, 5) is 15.1. The molecule has 0 aromatic rings. The summed E-state index contributed by atoms with van der Waals surface area (Å²) in [5.41, 5.74) is -0.469. The van der Waals surface area contributed by atoms with Gasteiger partial charge in [-0.05, 0) is 58.4 Å². The summed E-state index contributed by atoms with van der Waals surface area (Å²) >= 11 is 0. The van der Waals surface area contributed by atoms with Crippen molar-refractivity contribution in [3.63, 3.8) is 0 Å². The SMILES string of the molecule is CCOC(=O)C1(NC)CCCC(N(CC(C)C)C2CC2)C1. The molecular weight excluding hydrogens is 264 g/mol. The molecule has 0 heterocycles. The third-order valence-corrected chi connectivity index (χ3v) is 4.93. The van der Waals surface area contributed by atoms with E-state index in [-0.39, 0.29) is 5.97 Å². The first-order chi connectivity index (χ1) is 10.0. The number of likely N-dealkylation sites (N-methyl/N-ethyl adjacent to an activating group) is 1. The molecule has 2 saturated carbocycles. The van der Waals surface area contributed by atoms with E-state index in [1.54, 1.807) is 0 Å². The first-order valence-electron chi connectivity index (χ1n) is 8.64. The molecule has 0 saturated heterocycles. The van der Waals surface area contributed by atoms with Gasteiger partial charge in [0.1, 0.15) is 5.54 Å². The molecule has 0 spiro atoms. The fraction of sp³-hybridized carbons (Fsp3) is 0.941. The van der Waals surface area contributed by atoms with Crippen molar-refractivity contribution in [2.24, 2.45) is 5.92 Å². The molecule has 21 heavy (non-hydrogen) atoms. The van der Waals surface area contributed by atoms with Gasteiger partial charge in [0.05, 0.1) is 6.61 Å². The Hall–Kier alpha value is -0.610. The van der Waals surface area contributed by atoms with Crippen LogP contribution in [0, 0.1) is 5.92 Å². The summed E-state index contributed by atoms with van der Waals surface area (Å²) in [5.74, 6) is 0.622. The molecule has 0 amide bonds. The van der Waals surface area contributed by atoms with Gasteiger partial charge in [0.25, 0.3) is 0 Å². The van der Waals surface area contributed by atoms with Crippen LogP contribution in [0.4, 0.5) is 0 Å². The molecule has 0 aromatic carbocycles. The number of ether oxygens (including phenoxy) is 1. The van der Waals surface area contributed by atoms with E-state index >= 15 is 0 Å². The summed E-state index contributed by atoms with van der Waals surface area (Å²) in [6.07, 6.45) is 6.77. The van der Waals surface area contributed by atoms with Crippen LogP contribution in [0.2, 0.25) is 0 Å². The molecule has 0 aliphatic heterocycles. The lowest BCUT2D eigenvalue weighted by Gasteiger charge is -2.43. The molecule has 1 N–H and O–H groups in total. The van der Waals surface area contributed by atoms with Crippen LogP contribution in [0.25, 0.3) is 0 Å². The summed E-state index contributed by atoms with van der Waals surface area (Å²) in [6, 6.07) is 1.28. The maximum Gasteiger partial charge on any atom is 0.326 e. The molecule has 2 unspecified atom stereocenters. The standard InChI is InChI=1S/C17H32N2O2/c1-5-21-16(20)17(18-4)10-6-7-15(11-17)19(12-13(2)3)14-8-9-14/h13-15,18H,5-12H2,1-4H3. The Balaban J connectivity index is 2.08. The van der Waals surface area contributed by atoms with Crippen molar-refractivity contribution < 1.29 is 9.53 Å². The highest BCUT2D eigenvalue weighted by atomic mass is 16.5. The number of nitrogens with zero attached hydrogens (tertiary/aromatic N) is 1. The molecule has 4 heteroatoms. The quantitative estimate of drug-likeness (QED) is 0.733. The Kier molecular flexibility index (Phi) is 5.67. The minimum absolute atomic E-state index is 0.0579. The monoisotopic (exact) mass is 296 g/mol. The van der Waals surface area contributed by atoms with Crippen LogP contribution >= 0.6 is 0 Å². The lowest BCUT2D eigenvalue weighted by atomic mass is 9.78. The fourth-order valence-corrected chi connectivity index (χ4v) is 3.74. The zero-order valence-electron chi connectivity index (χ0n) is 14.2. The second kappa shape index (κ2) is 7.10. The second-order valence-electron chi connectivity index (χ2n) is 7.12. The minimum Gasteiger partial charge on any atom is -0.465 e. The summed E-state index contributed by atoms with van der Waals surface area (Å²) in [5, 5.41) is 3.30. The Morgan fingerprint density at radius 3 is 2.57 bits per heavy atom. The molecule has 2 aliphatic carbocycles. The number of carbonyl (C=O) groups is 1. The Bertz CT molecular complexity index is 355. The first kappa shape index (κ1) is 16.8. The van der Waals surface area contributed by atoms with Crippen LogP contribution in [-0.2, 0) is 9.53 Å². The van der Waals surface area contributed by atoms with Gasteiger partial charge in [-0.15, -0.1) is 0 Å². The van der Waals surface area contributed by atoms with Crippen LogP contribution in [0.3, 0.4) is 0 Å². The van der Waals surface area contributed by atoms with Crippen molar-refractivity contribution >= 4 is 5.97 Å². The highest BCUT2D eigenvalue weighted by molar-refractivity contribution is 5.81. The normalized spacial score (nSPS) is 29.9. The van der Waals surface area contributed by atoms with E-state index in [9.17, 15) is 4.79 Å². The van der Waals surface area contributed by atoms with Crippen LogP contribution in [0.15, 0.2) is 0 Å². The van der Waals surface area contributed by atoms with Gasteiger partial charge in [-0.25, -0.2) is 0 Å². The predicted molar refractivity (Wildman–Crippen MR) is 85.2 cm³/mol. The smallest absolute Gasteiger partial charge is 0.326 e. The van der Waals surface area contributed by atoms with E-state index in [4.69, 9.17) is 4.74 Å². The highest BCUT2D eigenvalue weighted by Crippen LogP contribution is 2.38. The molecule has 2 fully saturated rings. The van der Waals surface area contributed by atoms with Crippen molar-refractivity contribution in [2.45, 2.75) is 76.9 Å². The molecule has 2 aliphatic rings. The maximum atomic E-state index is 12.4.